The van der Waals surface area contributed by atoms with Gasteiger partial charge in [0, 0.05) is 31.7 Å². The number of aromatic nitrogens is 2. The van der Waals surface area contributed by atoms with Crippen LogP contribution in [0.2, 0.25) is 0 Å². The lowest BCUT2D eigenvalue weighted by Crippen LogP contribution is -2.65. The number of nitrogens with zero attached hydrogens (tertiary/aromatic N) is 4. The zero-order valence-electron chi connectivity index (χ0n) is 13.8. The number of carbonyl (C=O) groups excluding carboxylic acids is 2. The fourth-order valence-electron chi connectivity index (χ4n) is 2.25. The van der Waals surface area contributed by atoms with E-state index in [2.05, 4.69) is 27.4 Å². The second-order valence-electron chi connectivity index (χ2n) is 5.57. The SMILES string of the molecule is CCN1CCN([n+]2cc(NC(=O)[C@H](C)CSC(C)=O)on2)CC1. The fraction of sp³-hybridized carbons (Fsp3) is 0.714. The van der Waals surface area contributed by atoms with Gasteiger partial charge in [0.15, 0.2) is 5.12 Å². The predicted molar refractivity (Wildman–Crippen MR) is 87.7 cm³/mol. The van der Waals surface area contributed by atoms with E-state index in [9.17, 15) is 9.59 Å². The van der Waals surface area contributed by atoms with Crippen LogP contribution in [0.25, 0.3) is 0 Å². The van der Waals surface area contributed by atoms with Gasteiger partial charge in [-0.1, -0.05) is 25.6 Å². The second kappa shape index (κ2) is 8.30. The van der Waals surface area contributed by atoms with Gasteiger partial charge in [-0.05, 0) is 6.54 Å². The normalized spacial score (nSPS) is 17.1. The zero-order chi connectivity index (χ0) is 16.8. The minimum atomic E-state index is -0.282. The van der Waals surface area contributed by atoms with Crippen LogP contribution in [-0.2, 0) is 9.59 Å². The van der Waals surface area contributed by atoms with Crippen molar-refractivity contribution in [3.05, 3.63) is 6.20 Å². The first-order valence-corrected chi connectivity index (χ1v) is 8.78. The molecular formula is C14H24N5O3S+. The van der Waals surface area contributed by atoms with Crippen molar-refractivity contribution >= 4 is 28.7 Å². The first-order valence-electron chi connectivity index (χ1n) is 7.80. The number of carbonyl (C=O) groups is 2. The van der Waals surface area contributed by atoms with Crippen LogP contribution in [0, 0.1) is 5.92 Å². The maximum absolute atomic E-state index is 12.0. The summed E-state index contributed by atoms with van der Waals surface area (Å²) in [4.78, 5) is 27.0. The molecule has 128 valence electrons. The van der Waals surface area contributed by atoms with Crippen LogP contribution in [-0.4, -0.2) is 59.7 Å². The van der Waals surface area contributed by atoms with Gasteiger partial charge in [-0.15, -0.1) is 0 Å². The van der Waals surface area contributed by atoms with Crippen LogP contribution in [0.15, 0.2) is 10.7 Å². The molecule has 1 aromatic heterocycles. The van der Waals surface area contributed by atoms with Gasteiger partial charge >= 0.3 is 5.88 Å². The van der Waals surface area contributed by atoms with Crippen LogP contribution < -0.4 is 15.1 Å². The first-order chi connectivity index (χ1) is 11.0. The summed E-state index contributed by atoms with van der Waals surface area (Å²) in [5.41, 5.74) is 0. The molecule has 1 N–H and O–H groups in total. The monoisotopic (exact) mass is 342 g/mol. The fourth-order valence-corrected chi connectivity index (χ4v) is 2.88. The zero-order valence-corrected chi connectivity index (χ0v) is 14.6. The standard InChI is InChI=1S/C14H23N5O3S/c1-4-17-5-7-18(8-6-17)19-9-13(22-16-19)15-14(21)11(2)10-23-12(3)20/h9,11H,4-8,10H2,1-3H3/p+1/t11-/m1/s1. The Morgan fingerprint density at radius 3 is 2.74 bits per heavy atom. The van der Waals surface area contributed by atoms with E-state index in [0.29, 0.717) is 11.6 Å². The van der Waals surface area contributed by atoms with Crippen LogP contribution in [0.4, 0.5) is 5.88 Å². The lowest BCUT2D eigenvalue weighted by molar-refractivity contribution is -0.759. The number of anilines is 1. The number of hydrogen-bond donors (Lipinski definition) is 1. The van der Waals surface area contributed by atoms with Crippen LogP contribution in [0.1, 0.15) is 20.8 Å². The van der Waals surface area contributed by atoms with Crippen molar-refractivity contribution in [2.75, 3.05) is 48.8 Å². The average molecular weight is 342 g/mol. The largest absolute Gasteiger partial charge is 0.305 e. The lowest BCUT2D eigenvalue weighted by Gasteiger charge is -2.28. The summed E-state index contributed by atoms with van der Waals surface area (Å²) < 4.78 is 5.17. The molecule has 0 spiro atoms. The van der Waals surface area contributed by atoms with E-state index < -0.39 is 0 Å². The van der Waals surface area contributed by atoms with Gasteiger partial charge < -0.3 is 0 Å². The Bertz CT molecular complexity index is 542. The Morgan fingerprint density at radius 2 is 2.13 bits per heavy atom. The van der Waals surface area contributed by atoms with Gasteiger partial charge in [0.05, 0.1) is 17.9 Å². The topological polar surface area (TPSA) is 82.6 Å². The highest BCUT2D eigenvalue weighted by Gasteiger charge is 2.26. The molecule has 1 aliphatic rings. The van der Waals surface area contributed by atoms with E-state index in [-0.39, 0.29) is 16.9 Å². The molecule has 1 fully saturated rings. The summed E-state index contributed by atoms with van der Waals surface area (Å²) in [5, 5.41) is 8.72. The molecule has 0 aliphatic carbocycles. The van der Waals surface area contributed by atoms with Gasteiger partial charge in [0.25, 0.3) is 6.20 Å². The molecule has 23 heavy (non-hydrogen) atoms. The van der Waals surface area contributed by atoms with Crippen molar-refractivity contribution in [2.24, 2.45) is 5.92 Å². The van der Waals surface area contributed by atoms with Gasteiger partial charge in [0.1, 0.15) is 0 Å². The number of piperazine rings is 1. The quantitative estimate of drug-likeness (QED) is 0.734. The van der Waals surface area contributed by atoms with Crippen molar-refractivity contribution in [3.8, 4) is 0 Å². The molecule has 0 bridgehead atoms. The summed E-state index contributed by atoms with van der Waals surface area (Å²) in [6.45, 7) is 10.2. The molecule has 1 aromatic rings. The summed E-state index contributed by atoms with van der Waals surface area (Å²) in [7, 11) is 0. The maximum Gasteiger partial charge on any atom is 0.305 e. The van der Waals surface area contributed by atoms with Gasteiger partial charge in [-0.25, -0.2) is 0 Å². The van der Waals surface area contributed by atoms with Gasteiger partial charge in [-0.2, -0.15) is 5.01 Å². The molecule has 2 heterocycles. The number of hydrogen-bond acceptors (Lipinski definition) is 7. The molecule has 0 radical (unpaired) electrons. The molecule has 1 atom stereocenters. The summed E-state index contributed by atoms with van der Waals surface area (Å²) >= 11 is 1.14. The van der Waals surface area contributed by atoms with E-state index in [0.717, 1.165) is 44.5 Å². The number of nitrogens with one attached hydrogen (secondary N) is 1. The smallest absolute Gasteiger partial charge is 0.300 e. The predicted octanol–water partition coefficient (Wildman–Crippen LogP) is 0.0899. The highest BCUT2D eigenvalue weighted by molar-refractivity contribution is 8.13. The minimum absolute atomic E-state index is 0.00776. The molecule has 9 heteroatoms. The van der Waals surface area contributed by atoms with Crippen molar-refractivity contribution in [3.63, 3.8) is 0 Å². The molecule has 0 aromatic carbocycles. The van der Waals surface area contributed by atoms with E-state index >= 15 is 0 Å². The lowest BCUT2D eigenvalue weighted by atomic mass is 10.2. The van der Waals surface area contributed by atoms with Crippen LogP contribution in [0.5, 0.6) is 0 Å². The number of thioether (sulfide) groups is 1. The van der Waals surface area contributed by atoms with Gasteiger partial charge in [-0.3, -0.25) is 24.3 Å². The summed E-state index contributed by atoms with van der Waals surface area (Å²) in [6, 6.07) is 0. The molecule has 2 rings (SSSR count). The average Bonchev–Trinajstić information content (AvgIpc) is 3.01. The second-order valence-corrected chi connectivity index (χ2v) is 6.76. The molecular weight excluding hydrogens is 318 g/mol. The molecule has 1 saturated heterocycles. The van der Waals surface area contributed by atoms with Crippen LogP contribution in [0.3, 0.4) is 0 Å². The van der Waals surface area contributed by atoms with Crippen LogP contribution >= 0.6 is 11.8 Å². The van der Waals surface area contributed by atoms with E-state index in [4.69, 9.17) is 4.52 Å². The molecule has 1 amide bonds. The maximum atomic E-state index is 12.0. The van der Waals surface area contributed by atoms with Crippen molar-refractivity contribution in [2.45, 2.75) is 20.8 Å². The van der Waals surface area contributed by atoms with E-state index in [1.807, 2.05) is 0 Å². The highest BCUT2D eigenvalue weighted by Crippen LogP contribution is 2.12. The Hall–Kier alpha value is -1.61. The number of likely N-dealkylation sites (N-methyl/N-ethyl adjacent to an activating group) is 1. The van der Waals surface area contributed by atoms with Gasteiger partial charge in [0.2, 0.25) is 11.2 Å². The number of amides is 1. The highest BCUT2D eigenvalue weighted by atomic mass is 32.2. The Labute approximate surface area is 140 Å². The summed E-state index contributed by atoms with van der Waals surface area (Å²) in [6.07, 6.45) is 1.67. The molecule has 8 nitrogen and oxygen atoms in total. The van der Waals surface area contributed by atoms with E-state index in [1.54, 1.807) is 17.9 Å². The van der Waals surface area contributed by atoms with Crippen molar-refractivity contribution in [1.29, 1.82) is 0 Å². The summed E-state index contributed by atoms with van der Waals surface area (Å²) in [5.74, 6) is 0.301. The first kappa shape index (κ1) is 17.7. The molecule has 0 saturated carbocycles. The molecule has 1 aliphatic heterocycles. The molecule has 0 unspecified atom stereocenters. The Morgan fingerprint density at radius 1 is 1.43 bits per heavy atom. The third-order valence-corrected chi connectivity index (χ3v) is 4.85. The minimum Gasteiger partial charge on any atom is -0.300 e. The van der Waals surface area contributed by atoms with Crippen molar-refractivity contribution < 1.29 is 18.9 Å². The number of rotatable bonds is 6. The Balaban J connectivity index is 1.85. The van der Waals surface area contributed by atoms with Crippen molar-refractivity contribution in [1.82, 2.24) is 10.2 Å². The van der Waals surface area contributed by atoms with E-state index in [1.165, 1.54) is 6.92 Å². The third kappa shape index (κ3) is 5.21. The third-order valence-electron chi connectivity index (χ3n) is 3.77. The Kier molecular flexibility index (Phi) is 6.40.